The van der Waals surface area contributed by atoms with Crippen LogP contribution in [0, 0.1) is 5.92 Å². The van der Waals surface area contributed by atoms with Crippen LogP contribution in [0.5, 0.6) is 0 Å². The van der Waals surface area contributed by atoms with Crippen LogP contribution in [-0.4, -0.2) is 10.4 Å². The van der Waals surface area contributed by atoms with Gasteiger partial charge in [0.2, 0.25) is 0 Å². The SMILES string of the molecule is CC(Nc1snc(N)c1-c1ccccc1)C1CCCC1. The maximum atomic E-state index is 6.06. The summed E-state index contributed by atoms with van der Waals surface area (Å²) in [7, 11) is 0. The van der Waals surface area contributed by atoms with Crippen LogP contribution in [0.15, 0.2) is 30.3 Å². The molecular weight excluding hydrogens is 266 g/mol. The highest BCUT2D eigenvalue weighted by Crippen LogP contribution is 2.38. The molecular formula is C16H21N3S. The minimum Gasteiger partial charge on any atom is -0.382 e. The Balaban J connectivity index is 1.84. The lowest BCUT2D eigenvalue weighted by atomic mass is 9.99. The second-order valence-electron chi connectivity index (χ2n) is 5.62. The Morgan fingerprint density at radius 1 is 1.25 bits per heavy atom. The summed E-state index contributed by atoms with van der Waals surface area (Å²) in [6.45, 7) is 2.28. The van der Waals surface area contributed by atoms with Crippen LogP contribution in [0.4, 0.5) is 10.8 Å². The lowest BCUT2D eigenvalue weighted by Gasteiger charge is -2.21. The van der Waals surface area contributed by atoms with Gasteiger partial charge in [-0.2, -0.15) is 4.37 Å². The Hall–Kier alpha value is -1.55. The van der Waals surface area contributed by atoms with Gasteiger partial charge < -0.3 is 11.1 Å². The summed E-state index contributed by atoms with van der Waals surface area (Å²) >= 11 is 1.47. The van der Waals surface area contributed by atoms with E-state index in [4.69, 9.17) is 5.73 Å². The number of nitrogens with zero attached hydrogens (tertiary/aromatic N) is 1. The third kappa shape index (κ3) is 2.66. The van der Waals surface area contributed by atoms with E-state index < -0.39 is 0 Å². The summed E-state index contributed by atoms with van der Waals surface area (Å²) in [5, 5.41) is 4.75. The first-order valence-corrected chi connectivity index (χ1v) is 8.10. The van der Waals surface area contributed by atoms with E-state index in [1.165, 1.54) is 37.2 Å². The van der Waals surface area contributed by atoms with E-state index in [2.05, 4.69) is 28.7 Å². The van der Waals surface area contributed by atoms with Crippen molar-refractivity contribution in [1.82, 2.24) is 4.37 Å². The monoisotopic (exact) mass is 287 g/mol. The van der Waals surface area contributed by atoms with E-state index in [0.29, 0.717) is 11.9 Å². The van der Waals surface area contributed by atoms with Gasteiger partial charge in [-0.1, -0.05) is 43.2 Å². The number of hydrogen-bond donors (Lipinski definition) is 2. The van der Waals surface area contributed by atoms with Crippen molar-refractivity contribution in [2.75, 3.05) is 11.1 Å². The molecule has 20 heavy (non-hydrogen) atoms. The molecule has 1 aromatic heterocycles. The fraction of sp³-hybridized carbons (Fsp3) is 0.438. The van der Waals surface area contributed by atoms with Gasteiger partial charge in [0.15, 0.2) is 0 Å². The van der Waals surface area contributed by atoms with Crippen molar-refractivity contribution < 1.29 is 0 Å². The van der Waals surface area contributed by atoms with Crippen LogP contribution in [-0.2, 0) is 0 Å². The van der Waals surface area contributed by atoms with Gasteiger partial charge in [-0.25, -0.2) is 0 Å². The predicted molar refractivity (Wildman–Crippen MR) is 87.0 cm³/mol. The number of anilines is 2. The highest BCUT2D eigenvalue weighted by Gasteiger charge is 2.23. The minimum atomic E-state index is 0.486. The first-order valence-electron chi connectivity index (χ1n) is 7.33. The van der Waals surface area contributed by atoms with Crippen LogP contribution >= 0.6 is 11.5 Å². The average Bonchev–Trinajstić information content (AvgIpc) is 3.10. The normalized spacial score (nSPS) is 17.2. The van der Waals surface area contributed by atoms with E-state index >= 15 is 0 Å². The molecule has 1 aliphatic rings. The number of aromatic nitrogens is 1. The quantitative estimate of drug-likeness (QED) is 0.877. The number of nitrogen functional groups attached to an aromatic ring is 1. The van der Waals surface area contributed by atoms with Crippen molar-refractivity contribution >= 4 is 22.4 Å². The molecule has 106 valence electrons. The zero-order valence-corrected chi connectivity index (χ0v) is 12.6. The van der Waals surface area contributed by atoms with E-state index in [9.17, 15) is 0 Å². The van der Waals surface area contributed by atoms with Crippen LogP contribution < -0.4 is 11.1 Å². The molecule has 3 N–H and O–H groups in total. The molecule has 1 heterocycles. The van der Waals surface area contributed by atoms with Gasteiger partial charge in [-0.15, -0.1) is 0 Å². The second-order valence-corrected chi connectivity index (χ2v) is 6.39. The van der Waals surface area contributed by atoms with Gasteiger partial charge in [-0.05, 0) is 42.8 Å². The maximum absolute atomic E-state index is 6.06. The number of nitrogens with one attached hydrogen (secondary N) is 1. The zero-order valence-electron chi connectivity index (χ0n) is 11.8. The molecule has 1 atom stereocenters. The molecule has 0 saturated heterocycles. The fourth-order valence-electron chi connectivity index (χ4n) is 3.07. The van der Waals surface area contributed by atoms with Gasteiger partial charge in [0.25, 0.3) is 0 Å². The molecule has 0 bridgehead atoms. The predicted octanol–water partition coefficient (Wildman–Crippen LogP) is 4.38. The Kier molecular flexibility index (Phi) is 3.92. The number of nitrogens with two attached hydrogens (primary N) is 1. The maximum Gasteiger partial charge on any atom is 0.147 e. The van der Waals surface area contributed by atoms with Gasteiger partial charge in [0.05, 0.1) is 5.56 Å². The summed E-state index contributed by atoms with van der Waals surface area (Å²) in [5.74, 6) is 1.41. The molecule has 1 aliphatic carbocycles. The van der Waals surface area contributed by atoms with E-state index in [-0.39, 0.29) is 0 Å². The molecule has 2 aromatic rings. The first-order chi connectivity index (χ1) is 9.75. The molecule has 4 heteroatoms. The molecule has 1 aromatic carbocycles. The molecule has 0 aliphatic heterocycles. The van der Waals surface area contributed by atoms with Crippen molar-refractivity contribution in [2.45, 2.75) is 38.6 Å². The highest BCUT2D eigenvalue weighted by atomic mass is 32.1. The van der Waals surface area contributed by atoms with Crippen LogP contribution in [0.3, 0.4) is 0 Å². The van der Waals surface area contributed by atoms with Crippen molar-refractivity contribution in [3.8, 4) is 11.1 Å². The van der Waals surface area contributed by atoms with Gasteiger partial charge in [0, 0.05) is 6.04 Å². The first kappa shape index (κ1) is 13.4. The van der Waals surface area contributed by atoms with Crippen molar-refractivity contribution in [3.05, 3.63) is 30.3 Å². The summed E-state index contributed by atoms with van der Waals surface area (Å²) in [6.07, 6.45) is 5.41. The third-order valence-corrected chi connectivity index (χ3v) is 5.04. The largest absolute Gasteiger partial charge is 0.382 e. The van der Waals surface area contributed by atoms with Crippen molar-refractivity contribution in [1.29, 1.82) is 0 Å². The second kappa shape index (κ2) is 5.83. The molecule has 1 unspecified atom stereocenters. The molecule has 1 fully saturated rings. The summed E-state index contributed by atoms with van der Waals surface area (Å²) in [5.41, 5.74) is 8.26. The molecule has 3 nitrogen and oxygen atoms in total. The van der Waals surface area contributed by atoms with E-state index in [1.54, 1.807) is 0 Å². The molecule has 1 saturated carbocycles. The Bertz CT molecular complexity index is 558. The molecule has 0 spiro atoms. The zero-order chi connectivity index (χ0) is 13.9. The van der Waals surface area contributed by atoms with E-state index in [0.717, 1.165) is 22.0 Å². The Morgan fingerprint density at radius 2 is 1.95 bits per heavy atom. The highest BCUT2D eigenvalue weighted by molar-refractivity contribution is 7.11. The van der Waals surface area contributed by atoms with Crippen LogP contribution in [0.25, 0.3) is 11.1 Å². The van der Waals surface area contributed by atoms with Gasteiger partial charge >= 0.3 is 0 Å². The lowest BCUT2D eigenvalue weighted by Crippen LogP contribution is -2.23. The Labute approximate surface area is 124 Å². The topological polar surface area (TPSA) is 50.9 Å². The fourth-order valence-corrected chi connectivity index (χ4v) is 3.90. The van der Waals surface area contributed by atoms with Crippen LogP contribution in [0.1, 0.15) is 32.6 Å². The Morgan fingerprint density at radius 3 is 2.65 bits per heavy atom. The van der Waals surface area contributed by atoms with Crippen molar-refractivity contribution in [2.24, 2.45) is 5.92 Å². The molecule has 0 radical (unpaired) electrons. The lowest BCUT2D eigenvalue weighted by molar-refractivity contribution is 0.483. The van der Waals surface area contributed by atoms with Gasteiger partial charge in [-0.3, -0.25) is 0 Å². The minimum absolute atomic E-state index is 0.486. The summed E-state index contributed by atoms with van der Waals surface area (Å²) in [6, 6.07) is 10.8. The average molecular weight is 287 g/mol. The smallest absolute Gasteiger partial charge is 0.147 e. The summed E-state index contributed by atoms with van der Waals surface area (Å²) < 4.78 is 4.33. The number of hydrogen-bond acceptors (Lipinski definition) is 4. The summed E-state index contributed by atoms with van der Waals surface area (Å²) in [4.78, 5) is 0. The third-order valence-electron chi connectivity index (χ3n) is 4.25. The molecule has 0 amide bonds. The van der Waals surface area contributed by atoms with Crippen LogP contribution in [0.2, 0.25) is 0 Å². The van der Waals surface area contributed by atoms with Crippen molar-refractivity contribution in [3.63, 3.8) is 0 Å². The number of rotatable bonds is 4. The number of benzene rings is 1. The van der Waals surface area contributed by atoms with Gasteiger partial charge in [0.1, 0.15) is 10.8 Å². The standard InChI is InChI=1S/C16H21N3S/c1-11(12-7-5-6-8-12)18-16-14(15(17)19-20-16)13-9-3-2-4-10-13/h2-4,9-12,18H,5-8H2,1H3,(H2,17,19). The molecule has 3 rings (SSSR count). The van der Waals surface area contributed by atoms with E-state index in [1.807, 2.05) is 18.2 Å².